The van der Waals surface area contributed by atoms with Gasteiger partial charge in [-0.3, -0.25) is 0 Å². The van der Waals surface area contributed by atoms with E-state index in [0.717, 1.165) is 12.2 Å². The first kappa shape index (κ1) is 8.89. The molecule has 0 aromatic carbocycles. The van der Waals surface area contributed by atoms with Crippen molar-refractivity contribution in [2.75, 3.05) is 12.4 Å². The van der Waals surface area contributed by atoms with Crippen LogP contribution >= 0.6 is 11.8 Å². The highest BCUT2D eigenvalue weighted by molar-refractivity contribution is 8.00. The zero-order valence-electron chi connectivity index (χ0n) is 6.96. The molecule has 0 saturated carbocycles. The second-order valence-electron chi connectivity index (χ2n) is 2.86. The molecule has 0 radical (unpaired) electrons. The normalized spacial score (nSPS) is 37.0. The predicted molar refractivity (Wildman–Crippen MR) is 46.5 cm³/mol. The summed E-state index contributed by atoms with van der Waals surface area (Å²) in [5.41, 5.74) is -0.473. The maximum atomic E-state index is 8.88. The summed E-state index contributed by atoms with van der Waals surface area (Å²) in [7, 11) is 0. The summed E-state index contributed by atoms with van der Waals surface area (Å²) < 4.78 is 5.43. The van der Waals surface area contributed by atoms with Crippen LogP contribution in [0.15, 0.2) is 0 Å². The first-order valence-corrected chi connectivity index (χ1v) is 4.94. The Morgan fingerprint density at radius 2 is 2.55 bits per heavy atom. The highest BCUT2D eigenvalue weighted by Crippen LogP contribution is 2.36. The zero-order chi connectivity index (χ0) is 8.32. The van der Waals surface area contributed by atoms with Crippen LogP contribution in [0.3, 0.4) is 0 Å². The highest BCUT2D eigenvalue weighted by atomic mass is 32.2. The van der Waals surface area contributed by atoms with Crippen LogP contribution in [0.1, 0.15) is 20.3 Å². The van der Waals surface area contributed by atoms with Crippen LogP contribution in [0.25, 0.3) is 0 Å². The van der Waals surface area contributed by atoms with Crippen LogP contribution in [-0.2, 0) is 4.74 Å². The van der Waals surface area contributed by atoms with Gasteiger partial charge in [0.05, 0.1) is 6.07 Å². The van der Waals surface area contributed by atoms with Gasteiger partial charge in [-0.05, 0) is 6.92 Å². The summed E-state index contributed by atoms with van der Waals surface area (Å²) >= 11 is 1.82. The van der Waals surface area contributed by atoms with E-state index in [0.29, 0.717) is 11.9 Å². The van der Waals surface area contributed by atoms with Gasteiger partial charge in [-0.15, -0.1) is 0 Å². The topological polar surface area (TPSA) is 33.0 Å². The number of rotatable bonds is 2. The lowest BCUT2D eigenvalue weighted by Gasteiger charge is -2.18. The standard InChI is InChI=1S/C8H13NOS/c1-3-10-8(5-9)4-7(2)11-6-8/h7H,3-4,6H2,1-2H3. The summed E-state index contributed by atoms with van der Waals surface area (Å²) in [6.45, 7) is 4.72. The number of ether oxygens (including phenoxy) is 1. The molecule has 2 nitrogen and oxygen atoms in total. The summed E-state index contributed by atoms with van der Waals surface area (Å²) in [6.07, 6.45) is 0.877. The smallest absolute Gasteiger partial charge is 0.164 e. The zero-order valence-corrected chi connectivity index (χ0v) is 7.78. The molecule has 1 aliphatic heterocycles. The number of hydrogen-bond donors (Lipinski definition) is 0. The van der Waals surface area contributed by atoms with E-state index in [1.807, 2.05) is 18.7 Å². The molecule has 1 fully saturated rings. The third-order valence-corrected chi connectivity index (χ3v) is 3.21. The summed E-state index contributed by atoms with van der Waals surface area (Å²) in [5, 5.41) is 9.45. The molecule has 1 rings (SSSR count). The van der Waals surface area contributed by atoms with E-state index in [9.17, 15) is 0 Å². The van der Waals surface area contributed by atoms with Crippen LogP contribution in [-0.4, -0.2) is 23.2 Å². The van der Waals surface area contributed by atoms with E-state index in [4.69, 9.17) is 10.00 Å². The first-order valence-electron chi connectivity index (χ1n) is 3.89. The molecule has 0 bridgehead atoms. The Kier molecular flexibility index (Phi) is 2.80. The van der Waals surface area contributed by atoms with E-state index in [2.05, 4.69) is 13.0 Å². The fourth-order valence-electron chi connectivity index (χ4n) is 1.35. The average Bonchev–Trinajstić information content (AvgIpc) is 2.34. The van der Waals surface area contributed by atoms with Gasteiger partial charge in [-0.25, -0.2) is 0 Å². The van der Waals surface area contributed by atoms with Crippen molar-refractivity contribution in [3.63, 3.8) is 0 Å². The van der Waals surface area contributed by atoms with E-state index in [1.54, 1.807) is 0 Å². The molecule has 1 saturated heterocycles. The van der Waals surface area contributed by atoms with Crippen molar-refractivity contribution in [3.05, 3.63) is 0 Å². The van der Waals surface area contributed by atoms with Crippen molar-refractivity contribution >= 4 is 11.8 Å². The van der Waals surface area contributed by atoms with Crippen LogP contribution in [0.4, 0.5) is 0 Å². The largest absolute Gasteiger partial charge is 0.360 e. The van der Waals surface area contributed by atoms with Gasteiger partial charge < -0.3 is 4.74 Å². The van der Waals surface area contributed by atoms with Crippen molar-refractivity contribution in [3.8, 4) is 6.07 Å². The molecule has 0 aromatic heterocycles. The minimum Gasteiger partial charge on any atom is -0.360 e. The fourth-order valence-corrected chi connectivity index (χ4v) is 2.55. The van der Waals surface area contributed by atoms with Gasteiger partial charge in [0, 0.05) is 24.0 Å². The molecule has 1 aliphatic rings. The Morgan fingerprint density at radius 3 is 2.91 bits per heavy atom. The molecule has 0 spiro atoms. The Labute approximate surface area is 71.9 Å². The molecular weight excluding hydrogens is 158 g/mol. The van der Waals surface area contributed by atoms with Gasteiger partial charge in [-0.2, -0.15) is 17.0 Å². The van der Waals surface area contributed by atoms with Crippen molar-refractivity contribution in [1.29, 1.82) is 5.26 Å². The van der Waals surface area contributed by atoms with Gasteiger partial charge in [-0.1, -0.05) is 6.92 Å². The maximum absolute atomic E-state index is 8.88. The summed E-state index contributed by atoms with van der Waals surface area (Å²) in [4.78, 5) is 0. The molecule has 3 heteroatoms. The molecule has 0 aliphatic carbocycles. The van der Waals surface area contributed by atoms with E-state index in [-0.39, 0.29) is 0 Å². The van der Waals surface area contributed by atoms with Gasteiger partial charge in [0.25, 0.3) is 0 Å². The first-order chi connectivity index (χ1) is 5.22. The Morgan fingerprint density at radius 1 is 1.82 bits per heavy atom. The van der Waals surface area contributed by atoms with Gasteiger partial charge in [0.2, 0.25) is 0 Å². The van der Waals surface area contributed by atoms with Crippen molar-refractivity contribution in [1.82, 2.24) is 0 Å². The number of thioether (sulfide) groups is 1. The number of hydrogen-bond acceptors (Lipinski definition) is 3. The molecule has 0 amide bonds. The van der Waals surface area contributed by atoms with Gasteiger partial charge >= 0.3 is 0 Å². The molecule has 0 aromatic rings. The van der Waals surface area contributed by atoms with Crippen molar-refractivity contribution in [2.45, 2.75) is 31.1 Å². The monoisotopic (exact) mass is 171 g/mol. The minimum absolute atomic E-state index is 0.473. The average molecular weight is 171 g/mol. The van der Waals surface area contributed by atoms with Crippen LogP contribution in [0.5, 0.6) is 0 Å². The molecule has 1 heterocycles. The predicted octanol–water partition coefficient (Wildman–Crippen LogP) is 1.81. The lowest BCUT2D eigenvalue weighted by Crippen LogP contribution is -2.30. The van der Waals surface area contributed by atoms with Crippen LogP contribution in [0, 0.1) is 11.3 Å². The fraction of sp³-hybridized carbons (Fsp3) is 0.875. The summed E-state index contributed by atoms with van der Waals surface area (Å²) in [6, 6.07) is 2.27. The van der Waals surface area contributed by atoms with E-state index < -0.39 is 5.60 Å². The molecule has 2 atom stereocenters. The van der Waals surface area contributed by atoms with Crippen LogP contribution < -0.4 is 0 Å². The van der Waals surface area contributed by atoms with Crippen LogP contribution in [0.2, 0.25) is 0 Å². The summed E-state index contributed by atoms with van der Waals surface area (Å²) in [5.74, 6) is 0.832. The SMILES string of the molecule is CCOC1(C#N)CSC(C)C1. The molecule has 2 unspecified atom stereocenters. The maximum Gasteiger partial charge on any atom is 0.164 e. The van der Waals surface area contributed by atoms with Gasteiger partial charge in [0.1, 0.15) is 0 Å². The molecule has 62 valence electrons. The third-order valence-electron chi connectivity index (χ3n) is 1.84. The lowest BCUT2D eigenvalue weighted by molar-refractivity contribution is 0.0230. The second-order valence-corrected chi connectivity index (χ2v) is 4.29. The Balaban J connectivity index is 2.57. The molecule has 11 heavy (non-hydrogen) atoms. The van der Waals surface area contributed by atoms with Crippen molar-refractivity contribution < 1.29 is 4.74 Å². The van der Waals surface area contributed by atoms with Gasteiger partial charge in [0.15, 0.2) is 5.60 Å². The third kappa shape index (κ3) is 1.88. The lowest BCUT2D eigenvalue weighted by atomic mass is 10.0. The quantitative estimate of drug-likeness (QED) is 0.635. The second kappa shape index (κ2) is 3.46. The van der Waals surface area contributed by atoms with E-state index >= 15 is 0 Å². The van der Waals surface area contributed by atoms with Crippen molar-refractivity contribution in [2.24, 2.45) is 0 Å². The Hall–Kier alpha value is -0.200. The number of nitrogens with zero attached hydrogens (tertiary/aromatic N) is 1. The highest BCUT2D eigenvalue weighted by Gasteiger charge is 2.38. The van der Waals surface area contributed by atoms with E-state index in [1.165, 1.54) is 0 Å². The molecular formula is C8H13NOS. The molecule has 0 N–H and O–H groups in total. The Bertz CT molecular complexity index is 173. The number of nitriles is 1. The minimum atomic E-state index is -0.473.